The molecule has 0 spiro atoms. The first kappa shape index (κ1) is 11.6. The molecule has 1 unspecified atom stereocenters. The third kappa shape index (κ3) is 2.81. The van der Waals surface area contributed by atoms with Crippen molar-refractivity contribution in [2.24, 2.45) is 5.92 Å². The van der Waals surface area contributed by atoms with Crippen LogP contribution in [0.3, 0.4) is 0 Å². The number of rotatable bonds is 4. The summed E-state index contributed by atoms with van der Waals surface area (Å²) >= 11 is 0. The van der Waals surface area contributed by atoms with Gasteiger partial charge in [0.1, 0.15) is 0 Å². The van der Waals surface area contributed by atoms with E-state index in [0.29, 0.717) is 5.92 Å². The summed E-state index contributed by atoms with van der Waals surface area (Å²) in [5, 5.41) is 3.17. The number of hydrogen-bond acceptors (Lipinski definition) is 4. The molecule has 0 aliphatic carbocycles. The van der Waals surface area contributed by atoms with Gasteiger partial charge in [-0.15, -0.1) is 0 Å². The van der Waals surface area contributed by atoms with Gasteiger partial charge >= 0.3 is 0 Å². The fraction of sp³-hybridized carbons (Fsp3) is 0.455. The Kier molecular flexibility index (Phi) is 3.58. The van der Waals surface area contributed by atoms with E-state index >= 15 is 0 Å². The molecule has 16 heavy (non-hydrogen) atoms. The molecule has 0 radical (unpaired) electrons. The average Bonchev–Trinajstić information content (AvgIpc) is 2.81. The molecule has 1 saturated heterocycles. The molecule has 1 atom stereocenters. The van der Waals surface area contributed by atoms with Gasteiger partial charge in [0.25, 0.3) is 10.1 Å². The first-order valence-corrected chi connectivity index (χ1v) is 6.74. The van der Waals surface area contributed by atoms with Crippen molar-refractivity contribution in [1.82, 2.24) is 5.32 Å². The lowest BCUT2D eigenvalue weighted by atomic mass is 10.1. The second-order valence-corrected chi connectivity index (χ2v) is 5.53. The molecular formula is C11H15NO3S. The molecule has 1 N–H and O–H groups in total. The normalized spacial score (nSPS) is 21.1. The molecule has 0 bridgehead atoms. The second kappa shape index (κ2) is 4.95. The van der Waals surface area contributed by atoms with Gasteiger partial charge in [-0.1, -0.05) is 18.2 Å². The Morgan fingerprint density at radius 1 is 1.31 bits per heavy atom. The van der Waals surface area contributed by atoms with Crippen LogP contribution in [0.25, 0.3) is 0 Å². The highest BCUT2D eigenvalue weighted by atomic mass is 32.2. The third-order valence-electron chi connectivity index (χ3n) is 2.65. The first-order valence-electron chi connectivity index (χ1n) is 5.34. The van der Waals surface area contributed by atoms with Crippen molar-refractivity contribution in [2.45, 2.75) is 11.3 Å². The molecule has 0 saturated carbocycles. The van der Waals surface area contributed by atoms with Crippen LogP contribution in [0.4, 0.5) is 0 Å². The summed E-state index contributed by atoms with van der Waals surface area (Å²) in [6.45, 7) is 2.05. The van der Waals surface area contributed by atoms with Crippen molar-refractivity contribution in [1.29, 1.82) is 0 Å². The third-order valence-corrected chi connectivity index (χ3v) is 3.95. The lowest BCUT2D eigenvalue weighted by Crippen LogP contribution is -2.17. The van der Waals surface area contributed by atoms with Gasteiger partial charge in [-0.25, -0.2) is 0 Å². The predicted octanol–water partition coefficient (Wildman–Crippen LogP) is 1.00. The van der Waals surface area contributed by atoms with Crippen molar-refractivity contribution in [3.8, 4) is 0 Å². The van der Waals surface area contributed by atoms with Gasteiger partial charge in [-0.2, -0.15) is 8.42 Å². The first-order chi connectivity index (χ1) is 7.68. The minimum atomic E-state index is -3.58. The van der Waals surface area contributed by atoms with E-state index in [2.05, 4.69) is 5.32 Å². The van der Waals surface area contributed by atoms with Crippen LogP contribution in [-0.4, -0.2) is 28.1 Å². The minimum absolute atomic E-state index is 0.223. The molecule has 5 heteroatoms. The van der Waals surface area contributed by atoms with Crippen molar-refractivity contribution in [3.05, 3.63) is 30.3 Å². The van der Waals surface area contributed by atoms with Gasteiger partial charge < -0.3 is 5.32 Å². The Labute approximate surface area is 95.7 Å². The molecule has 1 aliphatic rings. The smallest absolute Gasteiger partial charge is 0.296 e. The zero-order valence-electron chi connectivity index (χ0n) is 8.93. The highest BCUT2D eigenvalue weighted by Crippen LogP contribution is 2.15. The van der Waals surface area contributed by atoms with E-state index in [1.807, 2.05) is 0 Å². The van der Waals surface area contributed by atoms with Crippen molar-refractivity contribution < 1.29 is 12.6 Å². The monoisotopic (exact) mass is 241 g/mol. The van der Waals surface area contributed by atoms with Gasteiger partial charge in [0.05, 0.1) is 11.5 Å². The maximum Gasteiger partial charge on any atom is 0.296 e. The van der Waals surface area contributed by atoms with Crippen LogP contribution < -0.4 is 5.32 Å². The highest BCUT2D eigenvalue weighted by molar-refractivity contribution is 7.86. The predicted molar refractivity (Wildman–Crippen MR) is 60.6 cm³/mol. The Morgan fingerprint density at radius 3 is 2.69 bits per heavy atom. The summed E-state index contributed by atoms with van der Waals surface area (Å²) in [5.74, 6) is 0.304. The van der Waals surface area contributed by atoms with E-state index in [1.54, 1.807) is 30.3 Å². The molecule has 0 amide bonds. The number of benzene rings is 1. The van der Waals surface area contributed by atoms with Crippen LogP contribution >= 0.6 is 0 Å². The van der Waals surface area contributed by atoms with Gasteiger partial charge in [0, 0.05) is 6.54 Å². The Balaban J connectivity index is 1.98. The SMILES string of the molecule is O=S(=O)(OCC1CCNC1)c1ccccc1. The fourth-order valence-corrected chi connectivity index (χ4v) is 2.70. The van der Waals surface area contributed by atoms with Crippen molar-refractivity contribution in [3.63, 3.8) is 0 Å². The molecule has 1 fully saturated rings. The maximum absolute atomic E-state index is 11.7. The van der Waals surface area contributed by atoms with E-state index < -0.39 is 10.1 Å². The number of nitrogens with one attached hydrogen (secondary N) is 1. The van der Waals surface area contributed by atoms with Gasteiger partial charge in [-0.05, 0) is 31.0 Å². The fourth-order valence-electron chi connectivity index (χ4n) is 1.70. The summed E-state index contributed by atoms with van der Waals surface area (Å²) < 4.78 is 28.5. The second-order valence-electron chi connectivity index (χ2n) is 3.91. The van der Waals surface area contributed by atoms with E-state index in [-0.39, 0.29) is 11.5 Å². The summed E-state index contributed by atoms with van der Waals surface area (Å²) in [4.78, 5) is 0.223. The quantitative estimate of drug-likeness (QED) is 0.799. The van der Waals surface area contributed by atoms with E-state index in [0.717, 1.165) is 19.5 Å². The van der Waals surface area contributed by atoms with Crippen LogP contribution in [0.5, 0.6) is 0 Å². The molecule has 4 nitrogen and oxygen atoms in total. The van der Waals surface area contributed by atoms with Crippen molar-refractivity contribution >= 4 is 10.1 Å². The molecule has 1 aromatic rings. The molecule has 1 aliphatic heterocycles. The lowest BCUT2D eigenvalue weighted by molar-refractivity contribution is 0.264. The molecule has 88 valence electrons. The largest absolute Gasteiger partial charge is 0.316 e. The topological polar surface area (TPSA) is 55.4 Å². The molecular weight excluding hydrogens is 226 g/mol. The number of hydrogen-bond donors (Lipinski definition) is 1. The molecule has 2 rings (SSSR count). The summed E-state index contributed by atoms with van der Waals surface area (Å²) in [5.41, 5.74) is 0. The van der Waals surface area contributed by atoms with Crippen LogP contribution in [-0.2, 0) is 14.3 Å². The maximum atomic E-state index is 11.7. The highest BCUT2D eigenvalue weighted by Gasteiger charge is 2.20. The zero-order valence-corrected chi connectivity index (χ0v) is 9.74. The molecule has 1 heterocycles. The summed E-state index contributed by atoms with van der Waals surface area (Å²) in [6.07, 6.45) is 0.976. The Morgan fingerprint density at radius 2 is 2.06 bits per heavy atom. The van der Waals surface area contributed by atoms with Crippen molar-refractivity contribution in [2.75, 3.05) is 19.7 Å². The average molecular weight is 241 g/mol. The van der Waals surface area contributed by atoms with E-state index in [4.69, 9.17) is 4.18 Å². The van der Waals surface area contributed by atoms with Crippen LogP contribution in [0.1, 0.15) is 6.42 Å². The Hall–Kier alpha value is -0.910. The van der Waals surface area contributed by atoms with Crippen LogP contribution in [0.2, 0.25) is 0 Å². The van der Waals surface area contributed by atoms with Gasteiger partial charge in [0.2, 0.25) is 0 Å². The van der Waals surface area contributed by atoms with Crippen LogP contribution in [0.15, 0.2) is 35.2 Å². The van der Waals surface area contributed by atoms with E-state index in [9.17, 15) is 8.42 Å². The van der Waals surface area contributed by atoms with Gasteiger partial charge in [0.15, 0.2) is 0 Å². The minimum Gasteiger partial charge on any atom is -0.316 e. The summed E-state index contributed by atoms with van der Waals surface area (Å²) in [7, 11) is -3.58. The standard InChI is InChI=1S/C11H15NO3S/c13-16(14,11-4-2-1-3-5-11)15-9-10-6-7-12-8-10/h1-5,10,12H,6-9H2. The molecule has 1 aromatic carbocycles. The van der Waals surface area contributed by atoms with E-state index in [1.165, 1.54) is 0 Å². The lowest BCUT2D eigenvalue weighted by Gasteiger charge is -2.09. The van der Waals surface area contributed by atoms with Crippen LogP contribution in [0, 0.1) is 5.92 Å². The Bertz CT molecular complexity index is 424. The summed E-state index contributed by atoms with van der Waals surface area (Å²) in [6, 6.07) is 8.24. The zero-order chi connectivity index (χ0) is 11.4. The van der Waals surface area contributed by atoms with Gasteiger partial charge in [-0.3, -0.25) is 4.18 Å². The molecule has 0 aromatic heterocycles.